The van der Waals surface area contributed by atoms with E-state index in [0.29, 0.717) is 24.1 Å². The van der Waals surface area contributed by atoms with E-state index in [-0.39, 0.29) is 23.3 Å². The van der Waals surface area contributed by atoms with Gasteiger partial charge in [-0.3, -0.25) is 13.9 Å². The van der Waals surface area contributed by atoms with E-state index in [2.05, 4.69) is 4.98 Å². The van der Waals surface area contributed by atoms with Gasteiger partial charge in [0.05, 0.1) is 0 Å². The molecule has 0 aliphatic heterocycles. The predicted octanol–water partition coefficient (Wildman–Crippen LogP) is 0.560. The highest BCUT2D eigenvalue weighted by molar-refractivity contribution is 5.71. The van der Waals surface area contributed by atoms with Crippen LogP contribution in [0, 0.1) is 0 Å². The first kappa shape index (κ1) is 15.5. The van der Waals surface area contributed by atoms with Gasteiger partial charge in [-0.15, -0.1) is 0 Å². The minimum Gasteiger partial charge on any atom is -0.328 e. The van der Waals surface area contributed by atoms with Crippen molar-refractivity contribution < 1.29 is 0 Å². The molecule has 0 aromatic carbocycles. The molecule has 0 radical (unpaired) electrons. The van der Waals surface area contributed by atoms with Crippen molar-refractivity contribution in [2.75, 3.05) is 6.54 Å². The maximum Gasteiger partial charge on any atom is 0.332 e. The third kappa shape index (κ3) is 2.21. The Bertz CT molecular complexity index is 781. The van der Waals surface area contributed by atoms with Crippen LogP contribution in [0.1, 0.15) is 45.6 Å². The average Bonchev–Trinajstić information content (AvgIpc) is 2.83. The largest absolute Gasteiger partial charge is 0.332 e. The lowest BCUT2D eigenvalue weighted by Gasteiger charge is -2.16. The van der Waals surface area contributed by atoms with Gasteiger partial charge in [-0.25, -0.2) is 9.78 Å². The number of fused-ring (bicyclic) bond motifs is 1. The predicted molar refractivity (Wildman–Crippen MR) is 82.8 cm³/mol. The molecular weight excluding hydrogens is 270 g/mol. The van der Waals surface area contributed by atoms with Crippen molar-refractivity contribution in [1.82, 2.24) is 18.7 Å². The average molecular weight is 293 g/mol. The Morgan fingerprint density at radius 2 is 1.81 bits per heavy atom. The van der Waals surface area contributed by atoms with Crippen molar-refractivity contribution in [3.8, 4) is 0 Å². The zero-order chi connectivity index (χ0) is 15.9. The molecule has 0 aliphatic rings. The molecule has 0 aliphatic carbocycles. The summed E-state index contributed by atoms with van der Waals surface area (Å²) in [6.45, 7) is 8.14. The molecule has 0 fully saturated rings. The summed E-state index contributed by atoms with van der Waals surface area (Å²) in [5.74, 6) is 0.778. The van der Waals surface area contributed by atoms with Crippen LogP contribution in [0.3, 0.4) is 0 Å². The summed E-state index contributed by atoms with van der Waals surface area (Å²) >= 11 is 0. The Kier molecular flexibility index (Phi) is 4.04. The van der Waals surface area contributed by atoms with Crippen LogP contribution in [-0.2, 0) is 13.5 Å². The summed E-state index contributed by atoms with van der Waals surface area (Å²) in [6.07, 6.45) is 0.675. The van der Waals surface area contributed by atoms with Gasteiger partial charge in [-0.2, -0.15) is 0 Å². The molecule has 2 rings (SSSR count). The topological polar surface area (TPSA) is 87.8 Å². The van der Waals surface area contributed by atoms with Crippen molar-refractivity contribution in [2.24, 2.45) is 12.8 Å². The first-order chi connectivity index (χ1) is 9.84. The Hall–Kier alpha value is -1.89. The van der Waals surface area contributed by atoms with E-state index in [9.17, 15) is 9.59 Å². The highest BCUT2D eigenvalue weighted by Crippen LogP contribution is 2.19. The van der Waals surface area contributed by atoms with E-state index in [4.69, 9.17) is 5.73 Å². The Morgan fingerprint density at radius 1 is 1.19 bits per heavy atom. The van der Waals surface area contributed by atoms with E-state index in [1.165, 1.54) is 7.05 Å². The molecule has 1 unspecified atom stereocenters. The van der Waals surface area contributed by atoms with Crippen LogP contribution in [0.25, 0.3) is 11.2 Å². The fourth-order valence-electron chi connectivity index (χ4n) is 2.63. The van der Waals surface area contributed by atoms with E-state index in [0.717, 1.165) is 10.4 Å². The monoisotopic (exact) mass is 293 g/mol. The lowest BCUT2D eigenvalue weighted by molar-refractivity contribution is 0.538. The van der Waals surface area contributed by atoms with Crippen molar-refractivity contribution in [2.45, 2.75) is 46.2 Å². The lowest BCUT2D eigenvalue weighted by Crippen LogP contribution is -2.39. The van der Waals surface area contributed by atoms with Gasteiger partial charge >= 0.3 is 5.69 Å². The molecule has 2 aromatic rings. The van der Waals surface area contributed by atoms with Crippen LogP contribution in [0.15, 0.2) is 9.59 Å². The second-order valence-corrected chi connectivity index (χ2v) is 5.62. The standard InChI is InChI=1S/C14H23N5O2/c1-6-10-16-12-11(19(10)9(4)7-15)13(20)17(5)14(21)18(12)8(2)3/h8-9H,6-7,15H2,1-5H3. The minimum absolute atomic E-state index is 0.0456. The number of hydrogen-bond donors (Lipinski definition) is 1. The van der Waals surface area contributed by atoms with Crippen LogP contribution in [0.5, 0.6) is 0 Å². The Morgan fingerprint density at radius 3 is 2.29 bits per heavy atom. The van der Waals surface area contributed by atoms with E-state index >= 15 is 0 Å². The molecule has 0 amide bonds. The molecule has 2 aromatic heterocycles. The van der Waals surface area contributed by atoms with Crippen LogP contribution in [0.2, 0.25) is 0 Å². The van der Waals surface area contributed by atoms with Gasteiger partial charge in [0.15, 0.2) is 11.2 Å². The summed E-state index contributed by atoms with van der Waals surface area (Å²) in [6, 6.07) is -0.121. The fraction of sp³-hybridized carbons (Fsp3) is 0.643. The molecule has 2 heterocycles. The summed E-state index contributed by atoms with van der Waals surface area (Å²) in [7, 11) is 1.50. The zero-order valence-electron chi connectivity index (χ0n) is 13.3. The van der Waals surface area contributed by atoms with Crippen LogP contribution < -0.4 is 17.0 Å². The minimum atomic E-state index is -0.338. The fourth-order valence-corrected chi connectivity index (χ4v) is 2.63. The normalized spacial score (nSPS) is 13.3. The van der Waals surface area contributed by atoms with Crippen molar-refractivity contribution in [3.63, 3.8) is 0 Å². The number of imidazole rings is 1. The van der Waals surface area contributed by atoms with Crippen LogP contribution in [-0.4, -0.2) is 25.2 Å². The maximum atomic E-state index is 12.5. The van der Waals surface area contributed by atoms with Crippen LogP contribution in [0.4, 0.5) is 0 Å². The van der Waals surface area contributed by atoms with Gasteiger partial charge < -0.3 is 10.3 Å². The summed E-state index contributed by atoms with van der Waals surface area (Å²) in [4.78, 5) is 29.4. The quantitative estimate of drug-likeness (QED) is 0.892. The summed E-state index contributed by atoms with van der Waals surface area (Å²) in [5.41, 5.74) is 6.02. The maximum absolute atomic E-state index is 12.5. The van der Waals surface area contributed by atoms with Gasteiger partial charge in [0, 0.05) is 32.1 Å². The Balaban J connectivity index is 3.07. The number of hydrogen-bond acceptors (Lipinski definition) is 4. The van der Waals surface area contributed by atoms with Gasteiger partial charge in [-0.05, 0) is 20.8 Å². The molecular formula is C14H23N5O2. The number of nitrogens with zero attached hydrogens (tertiary/aromatic N) is 4. The Labute approximate surface area is 123 Å². The number of nitrogens with two attached hydrogens (primary N) is 1. The van der Waals surface area contributed by atoms with Crippen molar-refractivity contribution in [3.05, 3.63) is 26.7 Å². The highest BCUT2D eigenvalue weighted by Gasteiger charge is 2.22. The number of aromatic nitrogens is 4. The molecule has 0 bridgehead atoms. The molecule has 7 nitrogen and oxygen atoms in total. The molecule has 116 valence electrons. The van der Waals surface area contributed by atoms with E-state index < -0.39 is 0 Å². The molecule has 21 heavy (non-hydrogen) atoms. The molecule has 2 N–H and O–H groups in total. The third-order valence-corrected chi connectivity index (χ3v) is 3.81. The summed E-state index contributed by atoms with van der Waals surface area (Å²) < 4.78 is 4.58. The zero-order valence-corrected chi connectivity index (χ0v) is 13.3. The molecule has 0 spiro atoms. The smallest absolute Gasteiger partial charge is 0.328 e. The highest BCUT2D eigenvalue weighted by atomic mass is 16.2. The third-order valence-electron chi connectivity index (χ3n) is 3.81. The number of rotatable bonds is 4. The van der Waals surface area contributed by atoms with E-state index in [1.54, 1.807) is 4.57 Å². The first-order valence-corrected chi connectivity index (χ1v) is 7.27. The molecule has 1 atom stereocenters. The van der Waals surface area contributed by atoms with Gasteiger partial charge in [0.2, 0.25) is 0 Å². The molecule has 0 saturated carbocycles. The SMILES string of the molecule is CCc1nc2c(c(=O)n(C)c(=O)n2C(C)C)n1C(C)CN. The van der Waals surface area contributed by atoms with Gasteiger partial charge in [0.1, 0.15) is 5.82 Å². The van der Waals surface area contributed by atoms with Crippen molar-refractivity contribution >= 4 is 11.2 Å². The van der Waals surface area contributed by atoms with Crippen molar-refractivity contribution in [1.29, 1.82) is 0 Å². The molecule has 7 heteroatoms. The lowest BCUT2D eigenvalue weighted by atomic mass is 10.3. The summed E-state index contributed by atoms with van der Waals surface area (Å²) in [5, 5.41) is 0. The second-order valence-electron chi connectivity index (χ2n) is 5.62. The van der Waals surface area contributed by atoms with Crippen LogP contribution >= 0.6 is 0 Å². The number of aryl methyl sites for hydroxylation is 1. The van der Waals surface area contributed by atoms with Gasteiger partial charge in [-0.1, -0.05) is 6.92 Å². The van der Waals surface area contributed by atoms with Gasteiger partial charge in [0.25, 0.3) is 5.56 Å². The van der Waals surface area contributed by atoms with E-state index in [1.807, 2.05) is 32.3 Å². The second kappa shape index (κ2) is 5.48. The molecule has 0 saturated heterocycles. The first-order valence-electron chi connectivity index (χ1n) is 7.27.